The minimum atomic E-state index is -1.17. The molecule has 0 aliphatic rings. The first kappa shape index (κ1) is 13.9. The summed E-state index contributed by atoms with van der Waals surface area (Å²) in [6.45, 7) is 4.68. The summed E-state index contributed by atoms with van der Waals surface area (Å²) in [5.41, 5.74) is 4.58. The Balaban J connectivity index is 3.69. The third-order valence-electron chi connectivity index (χ3n) is 1.25. The third-order valence-corrected chi connectivity index (χ3v) is 1.25. The minimum Gasteiger partial charge on any atom is -0.480 e. The Hall–Kier alpha value is -1.14. The number of esters is 1. The van der Waals surface area contributed by atoms with Crippen molar-refractivity contribution in [2.24, 2.45) is 5.73 Å². The molecule has 0 radical (unpaired) electrons. The zero-order valence-electron chi connectivity index (χ0n) is 9.15. The molecule has 15 heavy (non-hydrogen) atoms. The topological polar surface area (TPSA) is 98.9 Å². The van der Waals surface area contributed by atoms with E-state index in [1.54, 1.807) is 20.8 Å². The summed E-state index contributed by atoms with van der Waals surface area (Å²) < 4.78 is 9.71. The molecule has 0 aromatic carbocycles. The predicted molar refractivity (Wildman–Crippen MR) is 52.3 cm³/mol. The second-order valence-electron chi connectivity index (χ2n) is 4.05. The summed E-state index contributed by atoms with van der Waals surface area (Å²) in [4.78, 5) is 21.4. The molecule has 1 atom stereocenters. The second kappa shape index (κ2) is 5.67. The highest BCUT2D eigenvalue weighted by molar-refractivity contribution is 5.73. The Morgan fingerprint density at radius 1 is 1.40 bits per heavy atom. The molecular weight excluding hydrogens is 202 g/mol. The summed E-state index contributed by atoms with van der Waals surface area (Å²) in [5, 5.41) is 8.41. The molecule has 1 unspecified atom stereocenters. The van der Waals surface area contributed by atoms with Gasteiger partial charge in [0.25, 0.3) is 0 Å². The van der Waals surface area contributed by atoms with Gasteiger partial charge in [0.1, 0.15) is 18.2 Å². The molecule has 88 valence electrons. The van der Waals surface area contributed by atoms with Gasteiger partial charge in [-0.15, -0.1) is 0 Å². The number of nitrogens with two attached hydrogens (primary N) is 1. The Bertz CT molecular complexity index is 233. The Kier molecular flexibility index (Phi) is 5.24. The normalized spacial score (nSPS) is 13.3. The van der Waals surface area contributed by atoms with Gasteiger partial charge in [-0.1, -0.05) is 0 Å². The number of ether oxygens (including phenoxy) is 2. The first-order valence-electron chi connectivity index (χ1n) is 4.50. The number of carboxylic acids is 1. The van der Waals surface area contributed by atoms with Gasteiger partial charge in [0.05, 0.1) is 6.61 Å². The van der Waals surface area contributed by atoms with Crippen molar-refractivity contribution < 1.29 is 24.2 Å². The van der Waals surface area contributed by atoms with E-state index >= 15 is 0 Å². The largest absolute Gasteiger partial charge is 0.480 e. The van der Waals surface area contributed by atoms with Gasteiger partial charge in [-0.05, 0) is 20.8 Å². The molecule has 0 aliphatic heterocycles. The molecule has 6 heteroatoms. The predicted octanol–water partition coefficient (Wildman–Crippen LogP) is -0.243. The Morgan fingerprint density at radius 3 is 2.33 bits per heavy atom. The summed E-state index contributed by atoms with van der Waals surface area (Å²) in [5.74, 6) is -1.71. The van der Waals surface area contributed by atoms with Crippen LogP contribution in [0, 0.1) is 0 Å². The highest BCUT2D eigenvalue weighted by atomic mass is 16.6. The lowest BCUT2D eigenvalue weighted by Crippen LogP contribution is -2.36. The van der Waals surface area contributed by atoms with Gasteiger partial charge in [-0.3, -0.25) is 4.79 Å². The van der Waals surface area contributed by atoms with Crippen molar-refractivity contribution in [2.45, 2.75) is 32.4 Å². The van der Waals surface area contributed by atoms with Gasteiger partial charge in [0.2, 0.25) is 0 Å². The lowest BCUT2D eigenvalue weighted by Gasteiger charge is -2.19. The van der Waals surface area contributed by atoms with Crippen LogP contribution in [0.25, 0.3) is 0 Å². The van der Waals surface area contributed by atoms with Crippen molar-refractivity contribution in [3.05, 3.63) is 0 Å². The average molecular weight is 219 g/mol. The monoisotopic (exact) mass is 219 g/mol. The highest BCUT2D eigenvalue weighted by Crippen LogP contribution is 2.06. The second-order valence-corrected chi connectivity index (χ2v) is 4.05. The molecule has 0 saturated heterocycles. The van der Waals surface area contributed by atoms with Gasteiger partial charge >= 0.3 is 11.9 Å². The maximum absolute atomic E-state index is 11.1. The molecule has 0 aromatic rings. The molecule has 0 heterocycles. The van der Waals surface area contributed by atoms with Gasteiger partial charge in [0, 0.05) is 0 Å². The van der Waals surface area contributed by atoms with E-state index in [1.165, 1.54) is 0 Å². The van der Waals surface area contributed by atoms with Crippen LogP contribution in [0.3, 0.4) is 0 Å². The standard InChI is InChI=1S/C9H17NO5/c1-9(2,3)15-7(11)5-14-4-6(10)8(12)13/h6H,4-5,10H2,1-3H3,(H,12,13). The van der Waals surface area contributed by atoms with Crippen LogP contribution in [0.4, 0.5) is 0 Å². The quantitative estimate of drug-likeness (QED) is 0.619. The fourth-order valence-electron chi connectivity index (χ4n) is 0.711. The fraction of sp³-hybridized carbons (Fsp3) is 0.778. The first-order valence-corrected chi connectivity index (χ1v) is 4.50. The molecule has 0 rings (SSSR count). The SMILES string of the molecule is CC(C)(C)OC(=O)COCC(N)C(=O)O. The van der Waals surface area contributed by atoms with E-state index in [0.717, 1.165) is 0 Å². The Labute approximate surface area is 88.3 Å². The van der Waals surface area contributed by atoms with E-state index in [9.17, 15) is 9.59 Å². The molecule has 0 aromatic heterocycles. The summed E-state index contributed by atoms with van der Waals surface area (Å²) >= 11 is 0. The van der Waals surface area contributed by atoms with Crippen molar-refractivity contribution in [1.29, 1.82) is 0 Å². The van der Waals surface area contributed by atoms with Crippen LogP contribution in [0.2, 0.25) is 0 Å². The zero-order chi connectivity index (χ0) is 12.1. The lowest BCUT2D eigenvalue weighted by atomic mass is 10.2. The molecule has 0 spiro atoms. The van der Waals surface area contributed by atoms with Gasteiger partial charge < -0.3 is 20.3 Å². The van der Waals surface area contributed by atoms with E-state index in [0.29, 0.717) is 0 Å². The smallest absolute Gasteiger partial charge is 0.332 e. The van der Waals surface area contributed by atoms with E-state index in [1.807, 2.05) is 0 Å². The van der Waals surface area contributed by atoms with Gasteiger partial charge in [0.15, 0.2) is 0 Å². The van der Waals surface area contributed by atoms with E-state index < -0.39 is 23.6 Å². The van der Waals surface area contributed by atoms with Crippen LogP contribution in [-0.4, -0.2) is 41.9 Å². The van der Waals surface area contributed by atoms with Crippen LogP contribution in [0.5, 0.6) is 0 Å². The van der Waals surface area contributed by atoms with Gasteiger partial charge in [-0.2, -0.15) is 0 Å². The third kappa shape index (κ3) is 7.90. The first-order chi connectivity index (χ1) is 6.72. The summed E-state index contributed by atoms with van der Waals surface area (Å²) in [6.07, 6.45) is 0. The molecule has 0 bridgehead atoms. The molecule has 0 aliphatic carbocycles. The molecular formula is C9H17NO5. The highest BCUT2D eigenvalue weighted by Gasteiger charge is 2.17. The zero-order valence-corrected chi connectivity index (χ0v) is 9.15. The number of carbonyl (C=O) groups excluding carboxylic acids is 1. The Morgan fingerprint density at radius 2 is 1.93 bits per heavy atom. The van der Waals surface area contributed by atoms with Crippen LogP contribution < -0.4 is 5.73 Å². The number of carbonyl (C=O) groups is 2. The van der Waals surface area contributed by atoms with Crippen LogP contribution >= 0.6 is 0 Å². The summed E-state index contributed by atoms with van der Waals surface area (Å²) in [7, 11) is 0. The molecule has 0 saturated carbocycles. The number of rotatable bonds is 5. The van der Waals surface area contributed by atoms with Crippen LogP contribution in [0.15, 0.2) is 0 Å². The molecule has 0 amide bonds. The van der Waals surface area contributed by atoms with Crippen molar-refractivity contribution in [3.63, 3.8) is 0 Å². The van der Waals surface area contributed by atoms with Crippen LogP contribution in [-0.2, 0) is 19.1 Å². The minimum absolute atomic E-state index is 0.214. The molecule has 0 fully saturated rings. The van der Waals surface area contributed by atoms with E-state index in [4.69, 9.17) is 20.3 Å². The van der Waals surface area contributed by atoms with Crippen molar-refractivity contribution in [3.8, 4) is 0 Å². The molecule has 6 nitrogen and oxygen atoms in total. The summed E-state index contributed by atoms with van der Waals surface area (Å²) in [6, 6.07) is -1.12. The lowest BCUT2D eigenvalue weighted by molar-refractivity contribution is -0.161. The van der Waals surface area contributed by atoms with Gasteiger partial charge in [-0.25, -0.2) is 4.79 Å². The van der Waals surface area contributed by atoms with Crippen molar-refractivity contribution in [1.82, 2.24) is 0 Å². The number of hydrogen-bond donors (Lipinski definition) is 2. The fourth-order valence-corrected chi connectivity index (χ4v) is 0.711. The van der Waals surface area contributed by atoms with E-state index in [-0.39, 0.29) is 13.2 Å². The van der Waals surface area contributed by atoms with Crippen LogP contribution in [0.1, 0.15) is 20.8 Å². The van der Waals surface area contributed by atoms with Crippen molar-refractivity contribution in [2.75, 3.05) is 13.2 Å². The number of hydrogen-bond acceptors (Lipinski definition) is 5. The maximum atomic E-state index is 11.1. The maximum Gasteiger partial charge on any atom is 0.332 e. The number of carboxylic acid groups (broad SMARTS) is 1. The molecule has 3 N–H and O–H groups in total. The average Bonchev–Trinajstić information content (AvgIpc) is 2.00. The van der Waals surface area contributed by atoms with Crippen molar-refractivity contribution >= 4 is 11.9 Å². The van der Waals surface area contributed by atoms with E-state index in [2.05, 4.69) is 0 Å². The number of aliphatic carboxylic acids is 1.